The van der Waals surface area contributed by atoms with Crippen LogP contribution in [0.1, 0.15) is 34.9 Å². The van der Waals surface area contributed by atoms with Crippen LogP contribution in [-0.2, 0) is 0 Å². The SMILES string of the molecule is COc1c[nH]c(C(=O)N[C@@H](c2cnc3ccccc3c2)C2CC(O)C2)cc1=O. The maximum Gasteiger partial charge on any atom is 0.268 e. The molecule has 0 saturated heterocycles. The van der Waals surface area contributed by atoms with E-state index in [0.29, 0.717) is 12.8 Å². The summed E-state index contributed by atoms with van der Waals surface area (Å²) in [5.74, 6) is -0.139. The van der Waals surface area contributed by atoms with E-state index < -0.39 is 0 Å². The number of aliphatic hydroxyl groups is 1. The summed E-state index contributed by atoms with van der Waals surface area (Å²) in [5.41, 5.74) is 1.54. The zero-order chi connectivity index (χ0) is 19.7. The Labute approximate surface area is 161 Å². The Morgan fingerprint density at radius 3 is 2.82 bits per heavy atom. The molecule has 7 nitrogen and oxygen atoms in total. The van der Waals surface area contributed by atoms with Crippen LogP contribution in [0.3, 0.4) is 0 Å². The fraction of sp³-hybridized carbons (Fsp3) is 0.286. The molecule has 0 bridgehead atoms. The number of carbonyl (C=O) groups excluding carboxylic acids is 1. The lowest BCUT2D eigenvalue weighted by Crippen LogP contribution is -2.41. The number of carbonyl (C=O) groups is 1. The highest BCUT2D eigenvalue weighted by atomic mass is 16.5. The molecule has 1 aromatic carbocycles. The Hall–Kier alpha value is -3.19. The van der Waals surface area contributed by atoms with Crippen molar-refractivity contribution in [2.75, 3.05) is 7.11 Å². The average molecular weight is 379 g/mol. The highest BCUT2D eigenvalue weighted by Crippen LogP contribution is 2.38. The number of aliphatic hydroxyl groups excluding tert-OH is 1. The van der Waals surface area contributed by atoms with Gasteiger partial charge < -0.3 is 20.1 Å². The normalized spacial score (nSPS) is 19.6. The van der Waals surface area contributed by atoms with Crippen molar-refractivity contribution < 1.29 is 14.6 Å². The molecule has 0 unspecified atom stereocenters. The molecule has 1 atom stereocenters. The molecular formula is C21H21N3O4. The third-order valence-electron chi connectivity index (χ3n) is 5.22. The second kappa shape index (κ2) is 7.44. The molecule has 1 saturated carbocycles. The van der Waals surface area contributed by atoms with E-state index in [4.69, 9.17) is 4.74 Å². The van der Waals surface area contributed by atoms with Crippen molar-refractivity contribution in [2.45, 2.75) is 25.0 Å². The van der Waals surface area contributed by atoms with E-state index in [9.17, 15) is 14.7 Å². The third-order valence-corrected chi connectivity index (χ3v) is 5.22. The van der Waals surface area contributed by atoms with E-state index in [1.807, 2.05) is 30.3 Å². The van der Waals surface area contributed by atoms with Gasteiger partial charge in [-0.25, -0.2) is 0 Å². The van der Waals surface area contributed by atoms with Gasteiger partial charge >= 0.3 is 0 Å². The Kier molecular flexibility index (Phi) is 4.83. The summed E-state index contributed by atoms with van der Waals surface area (Å²) in [4.78, 5) is 32.0. The quantitative estimate of drug-likeness (QED) is 0.630. The molecule has 4 rings (SSSR count). The van der Waals surface area contributed by atoms with Crippen molar-refractivity contribution >= 4 is 16.8 Å². The van der Waals surface area contributed by atoms with Gasteiger partial charge in [0.15, 0.2) is 5.75 Å². The fourth-order valence-electron chi connectivity index (χ4n) is 3.60. The molecule has 7 heteroatoms. The van der Waals surface area contributed by atoms with Crippen LogP contribution in [0.25, 0.3) is 10.9 Å². The number of para-hydroxylation sites is 1. The molecular weight excluding hydrogens is 358 g/mol. The van der Waals surface area contributed by atoms with Crippen molar-refractivity contribution in [3.05, 3.63) is 70.3 Å². The number of H-pyrrole nitrogens is 1. The summed E-state index contributed by atoms with van der Waals surface area (Å²) < 4.78 is 4.94. The second-order valence-corrected chi connectivity index (χ2v) is 7.08. The summed E-state index contributed by atoms with van der Waals surface area (Å²) in [5, 5.41) is 13.7. The molecule has 0 radical (unpaired) electrons. The first-order chi connectivity index (χ1) is 13.5. The van der Waals surface area contributed by atoms with Crippen LogP contribution in [-0.4, -0.2) is 34.2 Å². The van der Waals surface area contributed by atoms with Crippen molar-refractivity contribution in [3.8, 4) is 5.75 Å². The van der Waals surface area contributed by atoms with E-state index in [2.05, 4.69) is 15.3 Å². The number of rotatable bonds is 5. The monoisotopic (exact) mass is 379 g/mol. The van der Waals surface area contributed by atoms with Crippen LogP contribution in [0.5, 0.6) is 5.75 Å². The van der Waals surface area contributed by atoms with Crippen molar-refractivity contribution in [2.24, 2.45) is 5.92 Å². The predicted molar refractivity (Wildman–Crippen MR) is 104 cm³/mol. The summed E-state index contributed by atoms with van der Waals surface area (Å²) >= 11 is 0. The average Bonchev–Trinajstić information content (AvgIpc) is 2.69. The Morgan fingerprint density at radius 1 is 1.32 bits per heavy atom. The number of methoxy groups -OCH3 is 1. The van der Waals surface area contributed by atoms with Gasteiger partial charge in [0, 0.05) is 23.8 Å². The summed E-state index contributed by atoms with van der Waals surface area (Å²) in [7, 11) is 1.40. The molecule has 0 aliphatic heterocycles. The highest BCUT2D eigenvalue weighted by Gasteiger charge is 2.36. The lowest BCUT2D eigenvalue weighted by molar-refractivity contribution is 0.0234. The van der Waals surface area contributed by atoms with Gasteiger partial charge in [-0.05, 0) is 36.5 Å². The predicted octanol–water partition coefficient (Wildman–Crippen LogP) is 2.17. The van der Waals surface area contributed by atoms with E-state index in [1.165, 1.54) is 19.4 Å². The van der Waals surface area contributed by atoms with Crippen LogP contribution in [0.15, 0.2) is 53.6 Å². The van der Waals surface area contributed by atoms with Gasteiger partial charge in [0.1, 0.15) is 5.69 Å². The molecule has 1 aliphatic rings. The summed E-state index contributed by atoms with van der Waals surface area (Å²) in [6.45, 7) is 0. The van der Waals surface area contributed by atoms with E-state index in [0.717, 1.165) is 16.5 Å². The largest absolute Gasteiger partial charge is 0.491 e. The van der Waals surface area contributed by atoms with Gasteiger partial charge in [0.05, 0.1) is 24.8 Å². The number of pyridine rings is 2. The fourth-order valence-corrected chi connectivity index (χ4v) is 3.60. The minimum atomic E-state index is -0.390. The van der Waals surface area contributed by atoms with Crippen molar-refractivity contribution in [3.63, 3.8) is 0 Å². The third kappa shape index (κ3) is 3.48. The molecule has 0 spiro atoms. The first-order valence-electron chi connectivity index (χ1n) is 9.15. The van der Waals surface area contributed by atoms with Gasteiger partial charge in [-0.2, -0.15) is 0 Å². The molecule has 3 N–H and O–H groups in total. The van der Waals surface area contributed by atoms with Gasteiger partial charge in [-0.1, -0.05) is 18.2 Å². The number of nitrogens with zero attached hydrogens (tertiary/aromatic N) is 1. The topological polar surface area (TPSA) is 104 Å². The number of hydrogen-bond donors (Lipinski definition) is 3. The van der Waals surface area contributed by atoms with Crippen LogP contribution in [0, 0.1) is 5.92 Å². The lowest BCUT2D eigenvalue weighted by Gasteiger charge is -2.38. The Morgan fingerprint density at radius 2 is 2.11 bits per heavy atom. The minimum absolute atomic E-state index is 0.104. The smallest absolute Gasteiger partial charge is 0.268 e. The van der Waals surface area contributed by atoms with Crippen LogP contribution >= 0.6 is 0 Å². The lowest BCUT2D eigenvalue weighted by atomic mass is 9.75. The number of aromatic nitrogens is 2. The Balaban J connectivity index is 1.63. The number of nitrogens with one attached hydrogen (secondary N) is 2. The highest BCUT2D eigenvalue weighted by molar-refractivity contribution is 5.92. The van der Waals surface area contributed by atoms with Gasteiger partial charge in [-0.3, -0.25) is 14.6 Å². The zero-order valence-electron chi connectivity index (χ0n) is 15.4. The zero-order valence-corrected chi connectivity index (χ0v) is 15.4. The standard InChI is InChI=1S/C21H21N3O4/c1-28-19-11-23-17(9-18(19)26)21(27)24-20(13-7-15(25)8-13)14-6-12-4-2-3-5-16(12)22-10-14/h2-6,9-11,13,15,20,25H,7-8H2,1H3,(H,23,26)(H,24,27)/t13?,15?,20-/m1/s1. The van der Waals surface area contributed by atoms with Gasteiger partial charge in [0.25, 0.3) is 5.91 Å². The van der Waals surface area contributed by atoms with E-state index >= 15 is 0 Å². The number of aromatic amines is 1. The summed E-state index contributed by atoms with van der Waals surface area (Å²) in [6, 6.07) is 10.7. The first-order valence-corrected chi connectivity index (χ1v) is 9.15. The maximum absolute atomic E-state index is 12.8. The van der Waals surface area contributed by atoms with Crippen molar-refractivity contribution in [1.29, 1.82) is 0 Å². The molecule has 1 amide bonds. The van der Waals surface area contributed by atoms with Crippen molar-refractivity contribution in [1.82, 2.24) is 15.3 Å². The number of benzene rings is 1. The number of amides is 1. The molecule has 3 aromatic rings. The van der Waals surface area contributed by atoms with Gasteiger partial charge in [0.2, 0.25) is 5.43 Å². The molecule has 144 valence electrons. The van der Waals surface area contributed by atoms with Crippen LogP contribution < -0.4 is 15.5 Å². The maximum atomic E-state index is 12.8. The molecule has 28 heavy (non-hydrogen) atoms. The summed E-state index contributed by atoms with van der Waals surface area (Å²) in [6.07, 6.45) is 4.00. The molecule has 2 aromatic heterocycles. The first kappa shape index (κ1) is 18.2. The number of ether oxygens (including phenoxy) is 1. The molecule has 1 fully saturated rings. The molecule has 1 aliphatic carbocycles. The van der Waals surface area contributed by atoms with Gasteiger partial charge in [-0.15, -0.1) is 0 Å². The molecule has 2 heterocycles. The number of fused-ring (bicyclic) bond motifs is 1. The van der Waals surface area contributed by atoms with Crippen LogP contribution in [0.4, 0.5) is 0 Å². The van der Waals surface area contributed by atoms with E-state index in [1.54, 1.807) is 6.20 Å². The number of hydrogen-bond acceptors (Lipinski definition) is 5. The van der Waals surface area contributed by atoms with Crippen LogP contribution in [0.2, 0.25) is 0 Å². The Bertz CT molecular complexity index is 1070. The minimum Gasteiger partial charge on any atom is -0.491 e. The second-order valence-electron chi connectivity index (χ2n) is 7.08. The van der Waals surface area contributed by atoms with E-state index in [-0.39, 0.29) is 40.8 Å².